The van der Waals surface area contributed by atoms with E-state index in [0.717, 1.165) is 32.9 Å². The van der Waals surface area contributed by atoms with Crippen LogP contribution in [-0.4, -0.2) is 15.9 Å². The maximum Gasteiger partial charge on any atom is 0.270 e. The number of halogens is 2. The Balaban J connectivity index is 1.61. The molecule has 0 aliphatic rings. The van der Waals surface area contributed by atoms with Crippen molar-refractivity contribution >= 4 is 39.3 Å². The second-order valence-electron chi connectivity index (χ2n) is 7.24. The number of carbonyl (C=O) groups is 1. The first-order chi connectivity index (χ1) is 15.1. The fourth-order valence-corrected chi connectivity index (χ4v) is 3.91. The summed E-state index contributed by atoms with van der Waals surface area (Å²) >= 11 is 6.46. The van der Waals surface area contributed by atoms with Crippen LogP contribution in [0.4, 0.5) is 4.39 Å². The molecule has 0 saturated heterocycles. The number of para-hydroxylation sites is 1. The van der Waals surface area contributed by atoms with E-state index < -0.39 is 0 Å². The van der Waals surface area contributed by atoms with Crippen molar-refractivity contribution in [2.45, 2.75) is 6.54 Å². The highest BCUT2D eigenvalue weighted by molar-refractivity contribution is 6.33. The summed E-state index contributed by atoms with van der Waals surface area (Å²) < 4.78 is 13.1. The smallest absolute Gasteiger partial charge is 0.270 e. The first-order valence-electron chi connectivity index (χ1n) is 9.79. The number of aromatic amines is 1. The van der Waals surface area contributed by atoms with Crippen molar-refractivity contribution in [1.29, 1.82) is 0 Å². The van der Waals surface area contributed by atoms with E-state index in [1.807, 2.05) is 42.5 Å². The van der Waals surface area contributed by atoms with Gasteiger partial charge < -0.3 is 10.3 Å². The second-order valence-corrected chi connectivity index (χ2v) is 7.65. The standard InChI is InChI=1S/C25H17ClFN3O/c26-20-7-3-1-6-18(20)23-24-19(17-5-2-4-8-21(17)29-24)13-22(30-23)25(31)28-14-15-9-11-16(27)12-10-15/h1-13,29H,14H2,(H,28,31). The van der Waals surface area contributed by atoms with Crippen molar-refractivity contribution in [3.63, 3.8) is 0 Å². The van der Waals surface area contributed by atoms with Crippen molar-refractivity contribution in [3.05, 3.63) is 101 Å². The van der Waals surface area contributed by atoms with Crippen molar-refractivity contribution in [2.75, 3.05) is 0 Å². The van der Waals surface area contributed by atoms with Gasteiger partial charge in [-0.3, -0.25) is 4.79 Å². The minimum absolute atomic E-state index is 0.272. The van der Waals surface area contributed by atoms with Crippen LogP contribution in [0.5, 0.6) is 0 Å². The Morgan fingerprint density at radius 3 is 2.52 bits per heavy atom. The van der Waals surface area contributed by atoms with E-state index in [0.29, 0.717) is 10.7 Å². The number of hydrogen-bond acceptors (Lipinski definition) is 2. The van der Waals surface area contributed by atoms with Gasteiger partial charge in [0.1, 0.15) is 11.5 Å². The molecule has 5 rings (SSSR count). The summed E-state index contributed by atoms with van der Waals surface area (Å²) in [5.41, 5.74) is 4.23. The number of nitrogens with one attached hydrogen (secondary N) is 2. The maximum absolute atomic E-state index is 13.1. The second kappa shape index (κ2) is 7.85. The van der Waals surface area contributed by atoms with E-state index >= 15 is 0 Å². The highest BCUT2D eigenvalue weighted by Gasteiger charge is 2.18. The van der Waals surface area contributed by atoms with Gasteiger partial charge in [0.25, 0.3) is 5.91 Å². The summed E-state index contributed by atoms with van der Waals surface area (Å²) in [5.74, 6) is -0.629. The van der Waals surface area contributed by atoms with Crippen LogP contribution in [-0.2, 0) is 6.54 Å². The van der Waals surface area contributed by atoms with Crippen LogP contribution in [0, 0.1) is 5.82 Å². The highest BCUT2D eigenvalue weighted by atomic mass is 35.5. The average molecular weight is 430 g/mol. The molecule has 0 fully saturated rings. The van der Waals surface area contributed by atoms with E-state index in [1.54, 1.807) is 24.3 Å². The van der Waals surface area contributed by atoms with E-state index in [-0.39, 0.29) is 24.0 Å². The lowest BCUT2D eigenvalue weighted by atomic mass is 10.1. The number of benzene rings is 3. The van der Waals surface area contributed by atoms with Crippen LogP contribution in [0.2, 0.25) is 5.02 Å². The molecule has 0 spiro atoms. The highest BCUT2D eigenvalue weighted by Crippen LogP contribution is 2.35. The molecule has 4 nitrogen and oxygen atoms in total. The minimum atomic E-state index is -0.315. The van der Waals surface area contributed by atoms with E-state index in [9.17, 15) is 9.18 Å². The van der Waals surface area contributed by atoms with E-state index in [1.165, 1.54) is 12.1 Å². The number of nitrogens with zero attached hydrogens (tertiary/aromatic N) is 1. The van der Waals surface area contributed by atoms with Crippen LogP contribution >= 0.6 is 11.6 Å². The Bertz CT molecular complexity index is 1430. The quantitative estimate of drug-likeness (QED) is 0.362. The molecule has 0 unspecified atom stereocenters. The van der Waals surface area contributed by atoms with Gasteiger partial charge in [-0.1, -0.05) is 60.1 Å². The van der Waals surface area contributed by atoms with Crippen LogP contribution in [0.15, 0.2) is 78.9 Å². The number of amides is 1. The summed E-state index contributed by atoms with van der Waals surface area (Å²) in [5, 5.41) is 5.32. The van der Waals surface area contributed by atoms with Gasteiger partial charge in [-0.25, -0.2) is 9.37 Å². The number of hydrogen-bond donors (Lipinski definition) is 2. The van der Waals surface area contributed by atoms with Crippen molar-refractivity contribution < 1.29 is 9.18 Å². The van der Waals surface area contributed by atoms with Gasteiger partial charge in [-0.2, -0.15) is 0 Å². The molecule has 5 aromatic rings. The number of carbonyl (C=O) groups excluding carboxylic acids is 1. The van der Waals surface area contributed by atoms with Crippen LogP contribution in [0.3, 0.4) is 0 Å². The van der Waals surface area contributed by atoms with Crippen molar-refractivity contribution in [2.24, 2.45) is 0 Å². The molecule has 0 bridgehead atoms. The zero-order chi connectivity index (χ0) is 21.4. The van der Waals surface area contributed by atoms with E-state index in [4.69, 9.17) is 11.6 Å². The molecule has 2 heterocycles. The van der Waals surface area contributed by atoms with Crippen molar-refractivity contribution in [1.82, 2.24) is 15.3 Å². The first kappa shape index (κ1) is 19.3. The SMILES string of the molecule is O=C(NCc1ccc(F)cc1)c1cc2c([nH]c3ccccc32)c(-c2ccccc2Cl)n1. The molecular weight excluding hydrogens is 413 g/mol. The molecule has 1 amide bonds. The summed E-state index contributed by atoms with van der Waals surface area (Å²) in [7, 11) is 0. The Kier molecular flexibility index (Phi) is 4.88. The lowest BCUT2D eigenvalue weighted by Crippen LogP contribution is -2.24. The normalized spacial score (nSPS) is 11.2. The van der Waals surface area contributed by atoms with E-state index in [2.05, 4.69) is 15.3 Å². The van der Waals surface area contributed by atoms with Gasteiger partial charge in [0, 0.05) is 28.4 Å². The van der Waals surface area contributed by atoms with Gasteiger partial charge in [-0.15, -0.1) is 0 Å². The third kappa shape index (κ3) is 3.64. The molecule has 6 heteroatoms. The number of pyridine rings is 1. The molecule has 3 aromatic carbocycles. The van der Waals surface area contributed by atoms with Crippen LogP contribution < -0.4 is 5.32 Å². The third-order valence-electron chi connectivity index (χ3n) is 5.22. The number of rotatable bonds is 4. The summed E-state index contributed by atoms with van der Waals surface area (Å²) in [6.45, 7) is 0.272. The summed E-state index contributed by atoms with van der Waals surface area (Å²) in [4.78, 5) is 21.0. The predicted octanol–water partition coefficient (Wildman–Crippen LogP) is 6.11. The molecular formula is C25H17ClFN3O. The molecule has 31 heavy (non-hydrogen) atoms. The summed E-state index contributed by atoms with van der Waals surface area (Å²) in [6.07, 6.45) is 0. The van der Waals surface area contributed by atoms with Crippen LogP contribution in [0.25, 0.3) is 33.1 Å². The molecule has 0 aliphatic heterocycles. The number of H-pyrrole nitrogens is 1. The zero-order valence-corrected chi connectivity index (χ0v) is 17.1. The monoisotopic (exact) mass is 429 g/mol. The Morgan fingerprint density at radius 1 is 0.968 bits per heavy atom. The van der Waals surface area contributed by atoms with Gasteiger partial charge in [0.15, 0.2) is 0 Å². The predicted molar refractivity (Wildman–Crippen MR) is 122 cm³/mol. The molecule has 2 N–H and O–H groups in total. The molecule has 0 aliphatic carbocycles. The fourth-order valence-electron chi connectivity index (χ4n) is 3.69. The van der Waals surface area contributed by atoms with Gasteiger partial charge in [0.2, 0.25) is 0 Å². The van der Waals surface area contributed by atoms with Crippen LogP contribution in [0.1, 0.15) is 16.1 Å². The molecule has 0 radical (unpaired) electrons. The molecule has 0 saturated carbocycles. The molecule has 2 aromatic heterocycles. The number of aromatic nitrogens is 2. The fraction of sp³-hybridized carbons (Fsp3) is 0.0400. The van der Waals surface area contributed by atoms with Gasteiger partial charge in [-0.05, 0) is 35.9 Å². The lowest BCUT2D eigenvalue weighted by Gasteiger charge is -2.10. The molecule has 152 valence electrons. The average Bonchev–Trinajstić information content (AvgIpc) is 3.17. The maximum atomic E-state index is 13.1. The van der Waals surface area contributed by atoms with Crippen molar-refractivity contribution in [3.8, 4) is 11.3 Å². The Labute approximate surface area is 182 Å². The van der Waals surface area contributed by atoms with Gasteiger partial charge >= 0.3 is 0 Å². The zero-order valence-electron chi connectivity index (χ0n) is 16.3. The largest absolute Gasteiger partial charge is 0.353 e. The number of fused-ring (bicyclic) bond motifs is 3. The Morgan fingerprint density at radius 2 is 1.71 bits per heavy atom. The topological polar surface area (TPSA) is 57.8 Å². The van der Waals surface area contributed by atoms with Gasteiger partial charge in [0.05, 0.1) is 16.2 Å². The first-order valence-corrected chi connectivity index (χ1v) is 10.2. The Hall–Kier alpha value is -3.70. The lowest BCUT2D eigenvalue weighted by molar-refractivity contribution is 0.0946. The minimum Gasteiger partial charge on any atom is -0.353 e. The third-order valence-corrected chi connectivity index (χ3v) is 5.55. The summed E-state index contributed by atoms with van der Waals surface area (Å²) in [6, 6.07) is 23.1. The molecule has 0 atom stereocenters.